The zero-order chi connectivity index (χ0) is 14.2. The first-order chi connectivity index (χ1) is 8.84. The number of hydrogen-bond acceptors (Lipinski definition) is 3. The van der Waals surface area contributed by atoms with Crippen LogP contribution >= 0.6 is 0 Å². The highest BCUT2D eigenvalue weighted by Gasteiger charge is 2.21. The molecule has 0 saturated carbocycles. The minimum Gasteiger partial charge on any atom is -0.331 e. The highest BCUT2D eigenvalue weighted by atomic mass is 16.1. The highest BCUT2D eigenvalue weighted by Crippen LogP contribution is 2.23. The Kier molecular flexibility index (Phi) is 3.45. The van der Waals surface area contributed by atoms with Crippen molar-refractivity contribution in [3.05, 3.63) is 29.6 Å². The van der Waals surface area contributed by atoms with Gasteiger partial charge in [-0.3, -0.25) is 4.79 Å². The van der Waals surface area contributed by atoms with E-state index >= 15 is 0 Å². The molecule has 2 aromatic rings. The lowest BCUT2D eigenvalue weighted by Crippen LogP contribution is -2.26. The van der Waals surface area contributed by atoms with E-state index in [0.29, 0.717) is 18.5 Å². The van der Waals surface area contributed by atoms with E-state index in [-0.39, 0.29) is 11.2 Å². The fraction of sp³-hybridized carbons (Fsp3) is 0.467. The van der Waals surface area contributed by atoms with Crippen LogP contribution in [0.2, 0.25) is 0 Å². The lowest BCUT2D eigenvalue weighted by atomic mass is 9.86. The zero-order valence-electron chi connectivity index (χ0n) is 12.0. The first kappa shape index (κ1) is 13.7. The predicted molar refractivity (Wildman–Crippen MR) is 77.2 cm³/mol. The van der Waals surface area contributed by atoms with E-state index in [1.165, 1.54) is 0 Å². The highest BCUT2D eigenvalue weighted by molar-refractivity contribution is 5.99. The maximum atomic E-state index is 12.3. The fourth-order valence-corrected chi connectivity index (χ4v) is 2.10. The molecule has 0 amide bonds. The van der Waals surface area contributed by atoms with E-state index in [2.05, 4.69) is 4.98 Å². The van der Waals surface area contributed by atoms with Crippen molar-refractivity contribution in [1.29, 1.82) is 0 Å². The molecule has 4 heteroatoms. The molecule has 1 heterocycles. The number of ketones is 1. The van der Waals surface area contributed by atoms with Crippen LogP contribution in [0, 0.1) is 12.3 Å². The van der Waals surface area contributed by atoms with Crippen LogP contribution in [-0.2, 0) is 7.05 Å². The van der Waals surface area contributed by atoms with Gasteiger partial charge < -0.3 is 10.3 Å². The molecule has 1 aromatic heterocycles. The summed E-state index contributed by atoms with van der Waals surface area (Å²) in [6.07, 6.45) is 0.459. The number of aromatic nitrogens is 2. The molecular weight excluding hydrogens is 238 g/mol. The van der Waals surface area contributed by atoms with Gasteiger partial charge in [0.2, 0.25) is 0 Å². The maximum absolute atomic E-state index is 12.3. The number of hydrogen-bond donors (Lipinski definition) is 1. The molecule has 4 nitrogen and oxygen atoms in total. The lowest BCUT2D eigenvalue weighted by Gasteiger charge is -2.21. The van der Waals surface area contributed by atoms with E-state index < -0.39 is 0 Å². The molecule has 1 aromatic carbocycles. The van der Waals surface area contributed by atoms with Gasteiger partial charge in [0.1, 0.15) is 5.82 Å². The summed E-state index contributed by atoms with van der Waals surface area (Å²) in [4.78, 5) is 16.7. The van der Waals surface area contributed by atoms with Gasteiger partial charge in [0.15, 0.2) is 5.78 Å². The standard InChI is InChI=1S/C15H21N3O/c1-10-17-12-7-11(5-6-13(12)18(10)4)14(19)8-15(2,3)9-16/h5-7H,8-9,16H2,1-4H3. The first-order valence-electron chi connectivity index (χ1n) is 6.50. The number of fused-ring (bicyclic) bond motifs is 1. The Morgan fingerprint density at radius 2 is 2.11 bits per heavy atom. The smallest absolute Gasteiger partial charge is 0.163 e. The van der Waals surface area contributed by atoms with Crippen molar-refractivity contribution < 1.29 is 4.79 Å². The van der Waals surface area contributed by atoms with Gasteiger partial charge in [-0.05, 0) is 37.1 Å². The topological polar surface area (TPSA) is 60.9 Å². The molecule has 0 unspecified atom stereocenters. The monoisotopic (exact) mass is 259 g/mol. The quantitative estimate of drug-likeness (QED) is 0.858. The molecule has 0 aliphatic rings. The van der Waals surface area contributed by atoms with Gasteiger partial charge in [0, 0.05) is 19.0 Å². The van der Waals surface area contributed by atoms with Crippen LogP contribution in [0.3, 0.4) is 0 Å². The zero-order valence-corrected chi connectivity index (χ0v) is 12.0. The van der Waals surface area contributed by atoms with Crippen molar-refractivity contribution in [1.82, 2.24) is 9.55 Å². The minimum atomic E-state index is -0.161. The van der Waals surface area contributed by atoms with Crippen LogP contribution in [0.15, 0.2) is 18.2 Å². The Hall–Kier alpha value is -1.68. The fourth-order valence-electron chi connectivity index (χ4n) is 2.10. The second-order valence-corrected chi connectivity index (χ2v) is 5.89. The van der Waals surface area contributed by atoms with E-state index in [4.69, 9.17) is 5.73 Å². The maximum Gasteiger partial charge on any atom is 0.163 e. The van der Waals surface area contributed by atoms with Crippen molar-refractivity contribution >= 4 is 16.8 Å². The molecule has 0 fully saturated rings. The van der Waals surface area contributed by atoms with Crippen molar-refractivity contribution in [2.75, 3.05) is 6.54 Å². The molecule has 102 valence electrons. The van der Waals surface area contributed by atoms with Gasteiger partial charge in [0.05, 0.1) is 11.0 Å². The van der Waals surface area contributed by atoms with Crippen LogP contribution < -0.4 is 5.73 Å². The van der Waals surface area contributed by atoms with Crippen LogP contribution in [0.25, 0.3) is 11.0 Å². The summed E-state index contributed by atoms with van der Waals surface area (Å²) in [6.45, 7) is 6.48. The van der Waals surface area contributed by atoms with Gasteiger partial charge in [-0.1, -0.05) is 13.8 Å². The second-order valence-electron chi connectivity index (χ2n) is 5.89. The van der Waals surface area contributed by atoms with Crippen molar-refractivity contribution in [2.45, 2.75) is 27.2 Å². The molecular formula is C15H21N3O. The molecule has 0 atom stereocenters. The van der Waals surface area contributed by atoms with E-state index in [9.17, 15) is 4.79 Å². The number of benzene rings is 1. The number of Topliss-reactive ketones (excluding diaryl/α,β-unsaturated/α-hetero) is 1. The average Bonchev–Trinajstić information content (AvgIpc) is 2.64. The molecule has 0 spiro atoms. The number of carbonyl (C=O) groups is 1. The van der Waals surface area contributed by atoms with E-state index in [0.717, 1.165) is 16.9 Å². The summed E-state index contributed by atoms with van der Waals surface area (Å²) in [6, 6.07) is 5.70. The average molecular weight is 259 g/mol. The van der Waals surface area contributed by atoms with Gasteiger partial charge in [-0.2, -0.15) is 0 Å². The van der Waals surface area contributed by atoms with Crippen LogP contribution in [0.5, 0.6) is 0 Å². The van der Waals surface area contributed by atoms with Crippen LogP contribution in [0.1, 0.15) is 36.5 Å². The first-order valence-corrected chi connectivity index (χ1v) is 6.50. The largest absolute Gasteiger partial charge is 0.331 e. The minimum absolute atomic E-state index is 0.126. The predicted octanol–water partition coefficient (Wildman–Crippen LogP) is 2.44. The van der Waals surface area contributed by atoms with Crippen LogP contribution in [0.4, 0.5) is 0 Å². The lowest BCUT2D eigenvalue weighted by molar-refractivity contribution is 0.0935. The van der Waals surface area contributed by atoms with Gasteiger partial charge in [-0.15, -0.1) is 0 Å². The number of nitrogens with zero attached hydrogens (tertiary/aromatic N) is 2. The molecule has 2 rings (SSSR count). The van der Waals surface area contributed by atoms with Gasteiger partial charge in [-0.25, -0.2) is 4.98 Å². The number of rotatable bonds is 4. The van der Waals surface area contributed by atoms with E-state index in [1.54, 1.807) is 0 Å². The summed E-state index contributed by atoms with van der Waals surface area (Å²) < 4.78 is 2.02. The third kappa shape index (κ3) is 2.68. The molecule has 0 saturated heterocycles. The molecule has 19 heavy (non-hydrogen) atoms. The molecule has 2 N–H and O–H groups in total. The Balaban J connectivity index is 2.33. The van der Waals surface area contributed by atoms with Gasteiger partial charge >= 0.3 is 0 Å². The summed E-state index contributed by atoms with van der Waals surface area (Å²) in [5.74, 6) is 1.07. The van der Waals surface area contributed by atoms with E-state index in [1.807, 2.05) is 50.6 Å². The molecule has 0 aliphatic heterocycles. The number of imidazole rings is 1. The van der Waals surface area contributed by atoms with Crippen LogP contribution in [-0.4, -0.2) is 21.9 Å². The Labute approximate surface area is 113 Å². The Morgan fingerprint density at radius 3 is 2.74 bits per heavy atom. The Bertz CT molecular complexity index is 626. The SMILES string of the molecule is Cc1nc2cc(C(=O)CC(C)(C)CN)ccc2n1C. The summed E-state index contributed by atoms with van der Waals surface area (Å²) in [5, 5.41) is 0. The van der Waals surface area contributed by atoms with Crippen molar-refractivity contribution in [3.63, 3.8) is 0 Å². The normalized spacial score (nSPS) is 12.1. The molecule has 0 aliphatic carbocycles. The molecule has 0 bridgehead atoms. The molecule has 0 radical (unpaired) electrons. The summed E-state index contributed by atoms with van der Waals surface area (Å²) in [5.41, 5.74) is 8.15. The second kappa shape index (κ2) is 4.78. The third-order valence-corrected chi connectivity index (χ3v) is 3.62. The van der Waals surface area contributed by atoms with Crippen molar-refractivity contribution in [2.24, 2.45) is 18.2 Å². The van der Waals surface area contributed by atoms with Gasteiger partial charge in [0.25, 0.3) is 0 Å². The summed E-state index contributed by atoms with van der Waals surface area (Å²) >= 11 is 0. The number of aryl methyl sites for hydroxylation is 2. The third-order valence-electron chi connectivity index (χ3n) is 3.62. The Morgan fingerprint density at radius 1 is 1.42 bits per heavy atom. The number of nitrogens with two attached hydrogens (primary N) is 1. The number of carbonyl (C=O) groups excluding carboxylic acids is 1. The summed E-state index contributed by atoms with van der Waals surface area (Å²) in [7, 11) is 1.98. The van der Waals surface area contributed by atoms with Crippen molar-refractivity contribution in [3.8, 4) is 0 Å².